The van der Waals surface area contributed by atoms with E-state index in [0.717, 1.165) is 29.8 Å². The predicted octanol–water partition coefficient (Wildman–Crippen LogP) is 3.16. The molecule has 0 aromatic heterocycles. The van der Waals surface area contributed by atoms with Crippen LogP contribution < -0.4 is 15.7 Å². The molecule has 0 spiro atoms. The Balaban J connectivity index is 0.000000259. The molecule has 240 valence electrons. The molecule has 2 aromatic rings. The Morgan fingerprint density at radius 1 is 0.605 bits per heavy atom. The number of likely N-dealkylation sites (N-methyl/N-ethyl adjacent to an activating group) is 2. The molecule has 4 rings (SSSR count). The summed E-state index contributed by atoms with van der Waals surface area (Å²) < 4.78 is 29.5. The van der Waals surface area contributed by atoms with Gasteiger partial charge in [-0.05, 0) is 119 Å². The molecule has 0 radical (unpaired) electrons. The standard InChI is InChI=1S/C16H26BNO3.C12H17BO3.C4H11NO/c1-15(2)16(3,4)21-17(20-15)13-7-9-14(10-8-13)19-12-11-18(5)6;1-11(2)12(3,4)16-13(15-11)9-5-7-10(14)8-6-9;1-5(2)3-4-6/h7-10H,11-12H2,1-6H3;5-8,14H,1-4H3;6H,3-4H2,1-2H3. The summed E-state index contributed by atoms with van der Waals surface area (Å²) in [6.45, 7) is 18.9. The van der Waals surface area contributed by atoms with Gasteiger partial charge < -0.3 is 43.4 Å². The van der Waals surface area contributed by atoms with Crippen LogP contribution >= 0.6 is 0 Å². The van der Waals surface area contributed by atoms with Crippen molar-refractivity contribution in [3.05, 3.63) is 48.5 Å². The van der Waals surface area contributed by atoms with Crippen LogP contribution in [0.25, 0.3) is 0 Å². The lowest BCUT2D eigenvalue weighted by Crippen LogP contribution is -2.41. The van der Waals surface area contributed by atoms with Crippen LogP contribution in [0.4, 0.5) is 0 Å². The lowest BCUT2D eigenvalue weighted by molar-refractivity contribution is 0.00578. The van der Waals surface area contributed by atoms with E-state index in [2.05, 4.69) is 32.6 Å². The van der Waals surface area contributed by atoms with Crippen molar-refractivity contribution in [3.63, 3.8) is 0 Å². The van der Waals surface area contributed by atoms with Crippen molar-refractivity contribution in [2.24, 2.45) is 0 Å². The monoisotopic (exact) mass is 600 g/mol. The number of aliphatic hydroxyl groups is 1. The van der Waals surface area contributed by atoms with Crippen molar-refractivity contribution in [2.75, 3.05) is 54.5 Å². The third kappa shape index (κ3) is 10.8. The Morgan fingerprint density at radius 3 is 1.26 bits per heavy atom. The minimum Gasteiger partial charge on any atom is -0.508 e. The van der Waals surface area contributed by atoms with Crippen molar-refractivity contribution < 1.29 is 33.6 Å². The fourth-order valence-corrected chi connectivity index (χ4v) is 3.86. The van der Waals surface area contributed by atoms with E-state index < -0.39 is 0 Å². The molecule has 0 aliphatic carbocycles. The maximum atomic E-state index is 9.22. The zero-order valence-corrected chi connectivity index (χ0v) is 28.4. The minimum atomic E-state index is -0.356. The van der Waals surface area contributed by atoms with Crippen LogP contribution in [-0.2, 0) is 18.6 Å². The highest BCUT2D eigenvalue weighted by molar-refractivity contribution is 6.62. The number of aliphatic hydroxyl groups excluding tert-OH is 1. The van der Waals surface area contributed by atoms with E-state index in [4.69, 9.17) is 28.5 Å². The average molecular weight is 600 g/mol. The highest BCUT2D eigenvalue weighted by Gasteiger charge is 2.52. The number of hydrogen-bond acceptors (Lipinski definition) is 9. The van der Waals surface area contributed by atoms with Crippen molar-refractivity contribution in [1.29, 1.82) is 0 Å². The number of ether oxygens (including phenoxy) is 1. The lowest BCUT2D eigenvalue weighted by Gasteiger charge is -2.32. The Bertz CT molecular complexity index is 1080. The first-order chi connectivity index (χ1) is 19.8. The molecule has 2 heterocycles. The van der Waals surface area contributed by atoms with Gasteiger partial charge in [-0.1, -0.05) is 24.3 Å². The highest BCUT2D eigenvalue weighted by Crippen LogP contribution is 2.37. The summed E-state index contributed by atoms with van der Waals surface area (Å²) in [6, 6.07) is 14.9. The zero-order valence-electron chi connectivity index (χ0n) is 28.4. The van der Waals surface area contributed by atoms with Crippen LogP contribution in [0.2, 0.25) is 0 Å². The van der Waals surface area contributed by atoms with Gasteiger partial charge in [0.25, 0.3) is 0 Å². The molecule has 2 aliphatic rings. The molecular formula is C32H54B2N2O7. The maximum Gasteiger partial charge on any atom is 0.494 e. The molecule has 11 heteroatoms. The van der Waals surface area contributed by atoms with Crippen LogP contribution in [0, 0.1) is 0 Å². The van der Waals surface area contributed by atoms with Crippen LogP contribution in [0.3, 0.4) is 0 Å². The Morgan fingerprint density at radius 2 is 0.953 bits per heavy atom. The topological polar surface area (TPSA) is 93.1 Å². The average Bonchev–Trinajstić information content (AvgIpc) is 3.24. The smallest absolute Gasteiger partial charge is 0.494 e. The van der Waals surface area contributed by atoms with Crippen molar-refractivity contribution in [1.82, 2.24) is 9.80 Å². The fourth-order valence-electron chi connectivity index (χ4n) is 3.86. The summed E-state index contributed by atoms with van der Waals surface area (Å²) in [6.07, 6.45) is 0. The van der Waals surface area contributed by atoms with E-state index in [1.54, 1.807) is 12.1 Å². The second-order valence-electron chi connectivity index (χ2n) is 13.5. The summed E-state index contributed by atoms with van der Waals surface area (Å²) in [5.74, 6) is 1.12. The molecule has 2 aliphatic heterocycles. The Hall–Kier alpha value is -2.11. The quantitative estimate of drug-likeness (QED) is 0.444. The third-order valence-corrected chi connectivity index (χ3v) is 8.18. The van der Waals surface area contributed by atoms with Crippen LogP contribution in [0.1, 0.15) is 55.4 Å². The molecule has 2 aromatic carbocycles. The normalized spacial score (nSPS) is 19.5. The van der Waals surface area contributed by atoms with Gasteiger partial charge in [0, 0.05) is 13.1 Å². The number of hydrogen-bond donors (Lipinski definition) is 2. The van der Waals surface area contributed by atoms with Gasteiger partial charge in [-0.15, -0.1) is 0 Å². The summed E-state index contributed by atoms with van der Waals surface area (Å²) in [5.41, 5.74) is 0.687. The first-order valence-corrected chi connectivity index (χ1v) is 14.9. The van der Waals surface area contributed by atoms with Gasteiger partial charge >= 0.3 is 14.2 Å². The van der Waals surface area contributed by atoms with E-state index in [0.29, 0.717) is 6.61 Å². The van der Waals surface area contributed by atoms with E-state index in [-0.39, 0.29) is 49.0 Å². The fraction of sp³-hybridized carbons (Fsp3) is 0.625. The van der Waals surface area contributed by atoms with E-state index >= 15 is 0 Å². The number of benzene rings is 2. The van der Waals surface area contributed by atoms with Crippen LogP contribution in [-0.4, -0.2) is 111 Å². The SMILES string of the molecule is CC1(C)OB(c2ccc(O)cc2)OC1(C)C.CN(C)CCO.CN(C)CCOc1ccc(B2OC(C)(C)C(C)(C)O2)cc1. The van der Waals surface area contributed by atoms with Gasteiger partial charge in [0.15, 0.2) is 0 Å². The Kier molecular flexibility index (Phi) is 13.2. The Labute approximate surface area is 260 Å². The number of phenols is 1. The molecular weight excluding hydrogens is 546 g/mol. The summed E-state index contributed by atoms with van der Waals surface area (Å²) in [5, 5.41) is 17.4. The minimum absolute atomic E-state index is 0.250. The number of nitrogens with zero attached hydrogens (tertiary/aromatic N) is 2. The maximum absolute atomic E-state index is 9.22. The molecule has 2 N–H and O–H groups in total. The largest absolute Gasteiger partial charge is 0.508 e. The van der Waals surface area contributed by atoms with Gasteiger partial charge in [-0.2, -0.15) is 0 Å². The number of aromatic hydroxyl groups is 1. The second-order valence-corrected chi connectivity index (χ2v) is 13.5. The highest BCUT2D eigenvalue weighted by atomic mass is 16.7. The first kappa shape index (κ1) is 37.1. The van der Waals surface area contributed by atoms with Crippen molar-refractivity contribution in [2.45, 2.75) is 77.8 Å². The zero-order chi connectivity index (χ0) is 32.6. The van der Waals surface area contributed by atoms with Crippen LogP contribution in [0.5, 0.6) is 11.5 Å². The molecule has 0 bridgehead atoms. The van der Waals surface area contributed by atoms with E-state index in [1.807, 2.05) is 97.2 Å². The van der Waals surface area contributed by atoms with Crippen molar-refractivity contribution >= 4 is 25.2 Å². The van der Waals surface area contributed by atoms with Gasteiger partial charge in [-0.25, -0.2) is 0 Å². The van der Waals surface area contributed by atoms with Gasteiger partial charge in [0.2, 0.25) is 0 Å². The predicted molar refractivity (Wildman–Crippen MR) is 176 cm³/mol. The summed E-state index contributed by atoms with van der Waals surface area (Å²) in [7, 11) is 7.25. The molecule has 0 unspecified atom stereocenters. The van der Waals surface area contributed by atoms with Gasteiger partial charge in [0.1, 0.15) is 18.1 Å². The molecule has 43 heavy (non-hydrogen) atoms. The second kappa shape index (κ2) is 15.3. The van der Waals surface area contributed by atoms with E-state index in [1.165, 1.54) is 0 Å². The number of rotatable bonds is 8. The van der Waals surface area contributed by atoms with E-state index in [9.17, 15) is 5.11 Å². The summed E-state index contributed by atoms with van der Waals surface area (Å²) >= 11 is 0. The van der Waals surface area contributed by atoms with Gasteiger partial charge in [-0.3, -0.25) is 0 Å². The number of phenolic OH excluding ortho intramolecular Hbond substituents is 1. The molecule has 2 saturated heterocycles. The molecule has 0 amide bonds. The first-order valence-electron chi connectivity index (χ1n) is 14.9. The molecule has 0 saturated carbocycles. The molecule has 2 fully saturated rings. The van der Waals surface area contributed by atoms with Crippen LogP contribution in [0.15, 0.2) is 48.5 Å². The molecule has 9 nitrogen and oxygen atoms in total. The van der Waals surface area contributed by atoms with Gasteiger partial charge in [0.05, 0.1) is 29.0 Å². The summed E-state index contributed by atoms with van der Waals surface area (Å²) in [4.78, 5) is 4.03. The molecule has 0 atom stereocenters. The lowest BCUT2D eigenvalue weighted by atomic mass is 9.79. The third-order valence-electron chi connectivity index (χ3n) is 8.18. The van der Waals surface area contributed by atoms with Crippen molar-refractivity contribution in [3.8, 4) is 11.5 Å².